The van der Waals surface area contributed by atoms with Crippen LogP contribution < -0.4 is 0 Å². The molecule has 4 heteroatoms. The van der Waals surface area contributed by atoms with Crippen molar-refractivity contribution in [2.75, 3.05) is 6.26 Å². The standard InChI is InChI=1S/C5H8N2OS/c1-4-7-5(6-2)9(3)8/h4H,1-2H2,3H3. The number of hydrogen-bond donors (Lipinski definition) is 0. The number of nitrogens with zero attached hydrogens (tertiary/aromatic N) is 2. The lowest BCUT2D eigenvalue weighted by molar-refractivity contribution is 0.693. The van der Waals surface area contributed by atoms with E-state index >= 15 is 0 Å². The Hall–Kier alpha value is -0.770. The highest BCUT2D eigenvalue weighted by Crippen LogP contribution is 1.85. The number of amidine groups is 1. The molecule has 3 nitrogen and oxygen atoms in total. The number of rotatable bonds is 1. The summed E-state index contributed by atoms with van der Waals surface area (Å²) < 4.78 is 10.6. The summed E-state index contributed by atoms with van der Waals surface area (Å²) in [6, 6.07) is 0. The predicted molar refractivity (Wildman–Crippen MR) is 41.2 cm³/mol. The molecule has 9 heavy (non-hydrogen) atoms. The molecule has 0 bridgehead atoms. The number of hydrogen-bond acceptors (Lipinski definition) is 2. The third-order valence-corrected chi connectivity index (χ3v) is 1.34. The van der Waals surface area contributed by atoms with Crippen molar-refractivity contribution in [3.63, 3.8) is 0 Å². The van der Waals surface area contributed by atoms with Gasteiger partial charge in [-0.15, -0.1) is 0 Å². The summed E-state index contributed by atoms with van der Waals surface area (Å²) >= 11 is 0. The minimum absolute atomic E-state index is 0.213. The van der Waals surface area contributed by atoms with E-state index in [1.165, 1.54) is 12.5 Å². The molecule has 50 valence electrons. The van der Waals surface area contributed by atoms with Crippen LogP contribution in [0.2, 0.25) is 0 Å². The molecular formula is C5H8N2OS. The lowest BCUT2D eigenvalue weighted by atomic mass is 11.0. The Morgan fingerprint density at radius 1 is 1.78 bits per heavy atom. The topological polar surface area (TPSA) is 41.8 Å². The summed E-state index contributed by atoms with van der Waals surface area (Å²) in [5.41, 5.74) is 0. The van der Waals surface area contributed by atoms with Crippen LogP contribution in [0.15, 0.2) is 22.8 Å². The molecule has 0 aliphatic rings. The smallest absolute Gasteiger partial charge is 0.217 e. The molecule has 0 aliphatic heterocycles. The molecule has 0 amide bonds. The van der Waals surface area contributed by atoms with Gasteiger partial charge in [0.05, 0.1) is 10.8 Å². The van der Waals surface area contributed by atoms with E-state index in [2.05, 4.69) is 23.3 Å². The Morgan fingerprint density at radius 3 is 2.44 bits per heavy atom. The summed E-state index contributed by atoms with van der Waals surface area (Å²) in [5.74, 6) is 0. The Kier molecular flexibility index (Phi) is 3.79. The molecule has 0 aromatic heterocycles. The van der Waals surface area contributed by atoms with Crippen molar-refractivity contribution in [3.05, 3.63) is 12.8 Å². The molecule has 1 unspecified atom stereocenters. The Bertz CT molecular complexity index is 174. The highest BCUT2D eigenvalue weighted by molar-refractivity contribution is 7.99. The van der Waals surface area contributed by atoms with E-state index in [-0.39, 0.29) is 5.17 Å². The molecule has 0 N–H and O–H groups in total. The van der Waals surface area contributed by atoms with Crippen LogP contribution in [-0.4, -0.2) is 22.3 Å². The zero-order valence-electron chi connectivity index (χ0n) is 5.20. The summed E-state index contributed by atoms with van der Waals surface area (Å²) in [7, 11) is -1.15. The van der Waals surface area contributed by atoms with Crippen molar-refractivity contribution in [3.8, 4) is 0 Å². The van der Waals surface area contributed by atoms with Gasteiger partial charge in [0.1, 0.15) is 0 Å². The van der Waals surface area contributed by atoms with Gasteiger partial charge in [-0.25, -0.2) is 9.98 Å². The van der Waals surface area contributed by atoms with Crippen LogP contribution in [0.5, 0.6) is 0 Å². The van der Waals surface area contributed by atoms with Crippen LogP contribution in [0.1, 0.15) is 0 Å². The van der Waals surface area contributed by atoms with Gasteiger partial charge >= 0.3 is 0 Å². The van der Waals surface area contributed by atoms with Gasteiger partial charge in [-0.2, -0.15) is 0 Å². The summed E-state index contributed by atoms with van der Waals surface area (Å²) in [5, 5.41) is 0.213. The van der Waals surface area contributed by atoms with Gasteiger partial charge in [0.2, 0.25) is 5.17 Å². The fourth-order valence-electron chi connectivity index (χ4n) is 0.284. The summed E-state index contributed by atoms with van der Waals surface area (Å²) in [6.45, 7) is 6.50. The third-order valence-electron chi connectivity index (χ3n) is 0.594. The zero-order chi connectivity index (χ0) is 7.28. The molecule has 0 radical (unpaired) electrons. The normalized spacial score (nSPS) is 14.6. The van der Waals surface area contributed by atoms with Gasteiger partial charge in [-0.3, -0.25) is 4.21 Å². The van der Waals surface area contributed by atoms with Gasteiger partial charge in [-0.1, -0.05) is 6.58 Å². The number of aliphatic imine (C=N–C) groups is 2. The fourth-order valence-corrected chi connectivity index (χ4v) is 0.689. The fraction of sp³-hybridized carbons (Fsp3) is 0.200. The van der Waals surface area contributed by atoms with Crippen LogP contribution in [0.4, 0.5) is 0 Å². The molecule has 1 atom stereocenters. The second-order valence-corrected chi connectivity index (χ2v) is 2.48. The highest BCUT2D eigenvalue weighted by Gasteiger charge is 1.95. The van der Waals surface area contributed by atoms with Crippen molar-refractivity contribution in [1.29, 1.82) is 0 Å². The lowest BCUT2D eigenvalue weighted by Gasteiger charge is -1.88. The maximum atomic E-state index is 10.6. The first-order valence-corrected chi connectivity index (χ1v) is 3.77. The van der Waals surface area contributed by atoms with E-state index in [9.17, 15) is 4.21 Å². The van der Waals surface area contributed by atoms with Crippen LogP contribution in [0.3, 0.4) is 0 Å². The first kappa shape index (κ1) is 8.23. The van der Waals surface area contributed by atoms with E-state index < -0.39 is 10.8 Å². The second-order valence-electron chi connectivity index (χ2n) is 1.21. The lowest BCUT2D eigenvalue weighted by Crippen LogP contribution is -1.99. The van der Waals surface area contributed by atoms with Crippen molar-refractivity contribution in [1.82, 2.24) is 0 Å². The van der Waals surface area contributed by atoms with E-state index in [0.29, 0.717) is 0 Å². The van der Waals surface area contributed by atoms with Crippen molar-refractivity contribution >= 4 is 22.7 Å². The van der Waals surface area contributed by atoms with E-state index in [0.717, 1.165) is 0 Å². The van der Waals surface area contributed by atoms with E-state index in [4.69, 9.17) is 0 Å². The minimum Gasteiger partial charge on any atom is -0.251 e. The first-order chi connectivity index (χ1) is 4.22. The Balaban J connectivity index is 4.32. The monoisotopic (exact) mass is 144 g/mol. The van der Waals surface area contributed by atoms with E-state index in [1.807, 2.05) is 0 Å². The quantitative estimate of drug-likeness (QED) is 0.391. The maximum Gasteiger partial charge on any atom is 0.217 e. The average Bonchev–Trinajstić information content (AvgIpc) is 1.82. The third kappa shape index (κ3) is 2.92. The van der Waals surface area contributed by atoms with E-state index in [1.54, 1.807) is 0 Å². The van der Waals surface area contributed by atoms with Gasteiger partial charge in [-0.05, 0) is 6.72 Å². The highest BCUT2D eigenvalue weighted by atomic mass is 32.2. The molecule has 0 rings (SSSR count). The van der Waals surface area contributed by atoms with Crippen LogP contribution in [0.25, 0.3) is 0 Å². The SMILES string of the molecule is C=CN=C(N=C)S(C)=O. The van der Waals surface area contributed by atoms with Crippen LogP contribution >= 0.6 is 0 Å². The molecule has 0 aromatic rings. The molecule has 0 fully saturated rings. The van der Waals surface area contributed by atoms with Gasteiger partial charge in [0.25, 0.3) is 0 Å². The van der Waals surface area contributed by atoms with Crippen molar-refractivity contribution in [2.24, 2.45) is 9.98 Å². The Morgan fingerprint density at radius 2 is 2.33 bits per heavy atom. The van der Waals surface area contributed by atoms with Crippen molar-refractivity contribution in [2.45, 2.75) is 0 Å². The van der Waals surface area contributed by atoms with Crippen LogP contribution in [-0.2, 0) is 10.8 Å². The first-order valence-electron chi connectivity index (χ1n) is 2.21. The van der Waals surface area contributed by atoms with Gasteiger partial charge in [0, 0.05) is 12.5 Å². The average molecular weight is 144 g/mol. The largest absolute Gasteiger partial charge is 0.251 e. The summed E-state index contributed by atoms with van der Waals surface area (Å²) in [4.78, 5) is 7.00. The van der Waals surface area contributed by atoms with Gasteiger partial charge < -0.3 is 0 Å². The molecule has 0 saturated heterocycles. The molecule has 0 saturated carbocycles. The second kappa shape index (κ2) is 4.14. The molecule has 0 aromatic carbocycles. The van der Waals surface area contributed by atoms with Gasteiger partial charge in [0.15, 0.2) is 0 Å². The van der Waals surface area contributed by atoms with Crippen LogP contribution in [0, 0.1) is 0 Å². The Labute approximate surface area is 56.7 Å². The molecule has 0 heterocycles. The minimum atomic E-state index is -1.15. The maximum absolute atomic E-state index is 10.6. The molecule has 0 aliphatic carbocycles. The molecule has 0 spiro atoms. The molecular weight excluding hydrogens is 136 g/mol. The van der Waals surface area contributed by atoms with Crippen molar-refractivity contribution < 1.29 is 4.21 Å². The predicted octanol–water partition coefficient (Wildman–Crippen LogP) is 0.565. The zero-order valence-corrected chi connectivity index (χ0v) is 6.02. The summed E-state index contributed by atoms with van der Waals surface area (Å²) in [6.07, 6.45) is 2.77.